The zero-order valence-corrected chi connectivity index (χ0v) is 29.0. The molecule has 3 aromatic carbocycles. The first-order valence-electron chi connectivity index (χ1n) is 15.1. The van der Waals surface area contributed by atoms with Gasteiger partial charge in [0, 0.05) is 15.1 Å². The Morgan fingerprint density at radius 2 is 1.48 bits per heavy atom. The molecule has 0 aromatic heterocycles. The number of alkyl halides is 2. The van der Waals surface area contributed by atoms with Crippen LogP contribution in [0, 0.1) is 50.4 Å². The van der Waals surface area contributed by atoms with Crippen LogP contribution in [0.5, 0.6) is 5.75 Å². The molecule has 2 aliphatic heterocycles. The molecule has 15 heteroatoms. The highest BCUT2D eigenvalue weighted by Gasteiger charge is 2.77. The van der Waals surface area contributed by atoms with E-state index in [-0.39, 0.29) is 34.6 Å². The zero-order valence-electron chi connectivity index (χ0n) is 25.3. The SMILES string of the molecule is C=CCc1cccc(C2C3=CCC4C(=O)N(c5ccc(I)cc5)C(=O)C4C3CC3(Cl)C(=O)N(c4c(F)c(F)c(F)c(F)c4F)C(=O)C23Cl)c1O. The van der Waals surface area contributed by atoms with Crippen LogP contribution in [0.2, 0.25) is 0 Å². The molecular formula is C35H22Cl2F5IN2O5. The van der Waals surface area contributed by atoms with E-state index in [1.54, 1.807) is 36.4 Å². The molecule has 0 spiro atoms. The van der Waals surface area contributed by atoms with Crippen LogP contribution in [0.1, 0.15) is 29.9 Å². The number of para-hydroxylation sites is 1. The zero-order chi connectivity index (χ0) is 36.2. The fourth-order valence-corrected chi connectivity index (χ4v) is 9.21. The summed E-state index contributed by atoms with van der Waals surface area (Å²) in [5.41, 5.74) is -1.11. The lowest BCUT2D eigenvalue weighted by atomic mass is 9.56. The second-order valence-corrected chi connectivity index (χ2v) is 15.0. The summed E-state index contributed by atoms with van der Waals surface area (Å²) in [6.45, 7) is 3.67. The molecule has 2 saturated heterocycles. The monoisotopic (exact) mass is 842 g/mol. The average molecular weight is 843 g/mol. The summed E-state index contributed by atoms with van der Waals surface area (Å²) >= 11 is 16.4. The van der Waals surface area contributed by atoms with Gasteiger partial charge in [-0.05, 0) is 77.6 Å². The van der Waals surface area contributed by atoms with E-state index < -0.39 is 104 Å². The van der Waals surface area contributed by atoms with Crippen LogP contribution < -0.4 is 9.80 Å². The van der Waals surface area contributed by atoms with Gasteiger partial charge in [-0.1, -0.05) is 35.9 Å². The van der Waals surface area contributed by atoms with Crippen LogP contribution in [-0.2, 0) is 25.6 Å². The van der Waals surface area contributed by atoms with Gasteiger partial charge in [-0.2, -0.15) is 0 Å². The normalized spacial score (nSPS) is 28.8. The first-order valence-corrected chi connectivity index (χ1v) is 17.0. The second kappa shape index (κ2) is 11.9. The minimum absolute atomic E-state index is 0.0305. The fraction of sp³-hybridized carbons (Fsp3) is 0.257. The Morgan fingerprint density at radius 3 is 2.10 bits per heavy atom. The maximum atomic E-state index is 15.2. The van der Waals surface area contributed by atoms with E-state index in [1.807, 2.05) is 0 Å². The molecule has 0 bridgehead atoms. The molecular weight excluding hydrogens is 821 g/mol. The van der Waals surface area contributed by atoms with Gasteiger partial charge >= 0.3 is 0 Å². The number of aromatic hydroxyl groups is 1. The maximum Gasteiger partial charge on any atom is 0.258 e. The van der Waals surface area contributed by atoms with Gasteiger partial charge in [-0.3, -0.25) is 24.1 Å². The number of phenols is 1. The summed E-state index contributed by atoms with van der Waals surface area (Å²) in [6.07, 6.45) is 2.49. The Morgan fingerprint density at radius 1 is 0.860 bits per heavy atom. The van der Waals surface area contributed by atoms with Crippen molar-refractivity contribution in [2.75, 3.05) is 9.80 Å². The summed E-state index contributed by atoms with van der Waals surface area (Å²) in [6, 6.07) is 11.0. The van der Waals surface area contributed by atoms with E-state index in [0.717, 1.165) is 8.47 Å². The van der Waals surface area contributed by atoms with Gasteiger partial charge in [-0.25, -0.2) is 26.9 Å². The molecule has 3 aromatic rings. The number of allylic oxidation sites excluding steroid dienone is 3. The Kier molecular flexibility index (Phi) is 8.22. The third-order valence-electron chi connectivity index (χ3n) is 10.1. The number of halogens is 8. The molecule has 4 amide bonds. The predicted octanol–water partition coefficient (Wildman–Crippen LogP) is 7.19. The third kappa shape index (κ3) is 4.44. The number of carbonyl (C=O) groups excluding carboxylic acids is 4. The first-order chi connectivity index (χ1) is 23.6. The maximum absolute atomic E-state index is 15.2. The molecule has 6 unspecified atom stereocenters. The largest absolute Gasteiger partial charge is 0.507 e. The van der Waals surface area contributed by atoms with Gasteiger partial charge < -0.3 is 5.11 Å². The van der Waals surface area contributed by atoms with Crippen molar-refractivity contribution in [3.8, 4) is 5.75 Å². The standard InChI is InChI=1S/C35H22Cl2F5IN2O5/c1-2-4-14-5-3-6-19(29(14)46)22-17-11-12-18-21(31(48)44(30(18)47)16-9-7-15(43)8-10-16)20(17)13-34(36)32(49)45(33(50)35(22,34)37)28-26(41)24(39)23(38)25(40)27(28)42/h2-3,5-11,18,20-22,46H,1,4,12-13H2. The van der Waals surface area contributed by atoms with E-state index in [1.165, 1.54) is 18.2 Å². The number of nitrogens with zero attached hydrogens (tertiary/aromatic N) is 2. The quantitative estimate of drug-likeness (QED) is 0.0559. The Balaban J connectivity index is 1.45. The lowest BCUT2D eigenvalue weighted by molar-refractivity contribution is -0.125. The van der Waals surface area contributed by atoms with Crippen LogP contribution in [0.25, 0.3) is 0 Å². The number of amides is 4. The van der Waals surface area contributed by atoms with E-state index in [2.05, 4.69) is 29.2 Å². The highest BCUT2D eigenvalue weighted by molar-refractivity contribution is 14.1. The van der Waals surface area contributed by atoms with E-state index >= 15 is 8.78 Å². The predicted molar refractivity (Wildman–Crippen MR) is 180 cm³/mol. The Labute approximate surface area is 304 Å². The molecule has 50 heavy (non-hydrogen) atoms. The van der Waals surface area contributed by atoms with Gasteiger partial charge in [-0.15, -0.1) is 29.8 Å². The minimum atomic E-state index is -2.74. The van der Waals surface area contributed by atoms with Crippen molar-refractivity contribution < 1.29 is 46.2 Å². The molecule has 3 fully saturated rings. The number of rotatable bonds is 5. The van der Waals surface area contributed by atoms with Crippen molar-refractivity contribution in [3.63, 3.8) is 0 Å². The van der Waals surface area contributed by atoms with Gasteiger partial charge in [0.1, 0.15) is 11.4 Å². The van der Waals surface area contributed by atoms with Gasteiger partial charge in [0.05, 0.1) is 17.5 Å². The van der Waals surface area contributed by atoms with Crippen molar-refractivity contribution in [2.45, 2.75) is 34.9 Å². The van der Waals surface area contributed by atoms with Crippen LogP contribution in [-0.4, -0.2) is 38.5 Å². The Bertz CT molecular complexity index is 2090. The molecule has 258 valence electrons. The van der Waals surface area contributed by atoms with Gasteiger partial charge in [0.25, 0.3) is 11.8 Å². The number of imide groups is 2. The molecule has 6 atom stereocenters. The average Bonchev–Trinajstić information content (AvgIpc) is 3.43. The first kappa shape index (κ1) is 34.6. The fourth-order valence-electron chi connectivity index (χ4n) is 7.92. The molecule has 1 N–H and O–H groups in total. The van der Waals surface area contributed by atoms with Crippen molar-refractivity contribution in [1.82, 2.24) is 0 Å². The number of carbonyl (C=O) groups is 4. The number of hydrogen-bond donors (Lipinski definition) is 1. The summed E-state index contributed by atoms with van der Waals surface area (Å²) in [4.78, 5) is 52.1. The Hall–Kier alpha value is -3.82. The molecule has 0 radical (unpaired) electrons. The van der Waals surface area contributed by atoms with E-state index in [9.17, 15) is 37.5 Å². The summed E-state index contributed by atoms with van der Waals surface area (Å²) in [7, 11) is 0. The number of anilines is 2. The van der Waals surface area contributed by atoms with Crippen molar-refractivity contribution in [1.29, 1.82) is 0 Å². The molecule has 7 rings (SSSR count). The number of hydrogen-bond acceptors (Lipinski definition) is 5. The number of fused-ring (bicyclic) bond motifs is 4. The van der Waals surface area contributed by atoms with Gasteiger partial charge in [0.2, 0.25) is 17.6 Å². The molecule has 7 nitrogen and oxygen atoms in total. The molecule has 2 heterocycles. The highest BCUT2D eigenvalue weighted by Crippen LogP contribution is 2.67. The third-order valence-corrected chi connectivity index (χ3v) is 12.3. The number of benzene rings is 3. The van der Waals surface area contributed by atoms with E-state index in [4.69, 9.17) is 23.2 Å². The summed E-state index contributed by atoms with van der Waals surface area (Å²) in [5, 5.41) is 11.5. The summed E-state index contributed by atoms with van der Waals surface area (Å²) in [5.74, 6) is -21.9. The number of phenolic OH excluding ortho intramolecular Hbond substituents is 1. The van der Waals surface area contributed by atoms with Crippen molar-refractivity contribution >= 4 is 80.8 Å². The molecule has 1 saturated carbocycles. The topological polar surface area (TPSA) is 95.0 Å². The van der Waals surface area contributed by atoms with Crippen LogP contribution in [0.15, 0.2) is 66.8 Å². The minimum Gasteiger partial charge on any atom is -0.507 e. The lowest BCUT2D eigenvalue weighted by Crippen LogP contribution is -2.60. The highest BCUT2D eigenvalue weighted by atomic mass is 127. The smallest absolute Gasteiger partial charge is 0.258 e. The van der Waals surface area contributed by atoms with Crippen LogP contribution in [0.3, 0.4) is 0 Å². The summed E-state index contributed by atoms with van der Waals surface area (Å²) < 4.78 is 74.3. The van der Waals surface area contributed by atoms with Crippen LogP contribution >= 0.6 is 45.8 Å². The van der Waals surface area contributed by atoms with Crippen LogP contribution in [0.4, 0.5) is 33.3 Å². The van der Waals surface area contributed by atoms with Crippen molar-refractivity contribution in [2.24, 2.45) is 17.8 Å². The lowest BCUT2D eigenvalue weighted by Gasteiger charge is -2.50. The molecule has 2 aliphatic carbocycles. The van der Waals surface area contributed by atoms with Gasteiger partial charge in [0.15, 0.2) is 33.0 Å². The molecule has 4 aliphatic rings. The van der Waals surface area contributed by atoms with E-state index in [0.29, 0.717) is 5.56 Å². The second-order valence-electron chi connectivity index (χ2n) is 12.5. The van der Waals surface area contributed by atoms with Crippen molar-refractivity contribution in [3.05, 3.63) is 111 Å².